The fraction of sp³-hybridized carbons (Fsp3) is 0.927. The molecule has 0 aliphatic carbocycles. The third-order valence-corrected chi connectivity index (χ3v) is 10.5. The predicted molar refractivity (Wildman–Crippen MR) is 212 cm³/mol. The third kappa shape index (κ3) is 35.6. The fourth-order valence-corrected chi connectivity index (χ4v) is 6.83. The van der Waals surface area contributed by atoms with Gasteiger partial charge in [-0.1, -0.05) is 161 Å². The Bertz CT molecular complexity index is 834. The van der Waals surface area contributed by atoms with Gasteiger partial charge in [-0.3, -0.25) is 13.8 Å². The van der Waals surface area contributed by atoms with Crippen LogP contribution in [0.3, 0.4) is 0 Å². The molecule has 1 amide bonds. The zero-order chi connectivity index (χ0) is 37.2. The Kier molecular flexibility index (Phi) is 33.5. The van der Waals surface area contributed by atoms with Gasteiger partial charge in [0.2, 0.25) is 5.91 Å². The van der Waals surface area contributed by atoms with E-state index in [0.29, 0.717) is 23.9 Å². The summed E-state index contributed by atoms with van der Waals surface area (Å²) in [7, 11) is 1.60. The Labute approximate surface area is 310 Å². The van der Waals surface area contributed by atoms with Crippen LogP contribution in [0.15, 0.2) is 12.2 Å². The van der Waals surface area contributed by atoms with Crippen LogP contribution >= 0.6 is 7.82 Å². The summed E-state index contributed by atoms with van der Waals surface area (Å²) in [6, 6.07) is -0.769. The van der Waals surface area contributed by atoms with E-state index in [4.69, 9.17) is 9.05 Å². The molecule has 0 heterocycles. The minimum Gasteiger partial charge on any atom is -0.391 e. The standard InChI is InChI=1S/C41H83N2O6P/c1-6-8-10-12-14-16-18-20-21-22-23-24-26-28-30-32-34-40(44)39(38-49-50(46,47)48-37-36-43(3,4)5)42-41(45)35-33-31-29-27-25-19-17-15-13-11-9-7-2/h24,26,39-40,44H,6-23,25,27-38H2,1-5H3,(H-,42,45,46,47)/p+1/b26-24+/t39-,40+/m0/s1. The van der Waals surface area contributed by atoms with Gasteiger partial charge in [0.15, 0.2) is 0 Å². The zero-order valence-electron chi connectivity index (χ0n) is 33.7. The first-order chi connectivity index (χ1) is 24.0. The van der Waals surface area contributed by atoms with Gasteiger partial charge in [0.1, 0.15) is 13.2 Å². The van der Waals surface area contributed by atoms with Crippen LogP contribution in [0.5, 0.6) is 0 Å². The van der Waals surface area contributed by atoms with E-state index < -0.39 is 20.0 Å². The second-order valence-corrected chi connectivity index (χ2v) is 17.2. The number of unbranched alkanes of at least 4 members (excludes halogenated alkanes) is 23. The van der Waals surface area contributed by atoms with Crippen molar-refractivity contribution in [2.75, 3.05) is 40.9 Å². The fourth-order valence-electron chi connectivity index (χ4n) is 6.10. The molecule has 50 heavy (non-hydrogen) atoms. The van der Waals surface area contributed by atoms with Gasteiger partial charge in [0, 0.05) is 6.42 Å². The van der Waals surface area contributed by atoms with E-state index in [1.165, 1.54) is 122 Å². The highest BCUT2D eigenvalue weighted by Crippen LogP contribution is 2.43. The number of phosphoric ester groups is 1. The second-order valence-electron chi connectivity index (χ2n) is 15.7. The van der Waals surface area contributed by atoms with Crippen LogP contribution in [-0.2, 0) is 18.4 Å². The SMILES string of the molecule is CCCCCCCCCCCC/C=C/CCCC[C@@H](O)[C@H](COP(=O)(O)OCC[N+](C)(C)C)NC(=O)CCCCCCCCCCCCCC. The number of aliphatic hydroxyl groups excluding tert-OH is 1. The molecule has 0 aromatic heterocycles. The molecule has 0 aliphatic rings. The van der Waals surface area contributed by atoms with Gasteiger partial charge in [-0.2, -0.15) is 0 Å². The Hall–Kier alpha value is -0.760. The summed E-state index contributed by atoms with van der Waals surface area (Å²) >= 11 is 0. The smallest absolute Gasteiger partial charge is 0.391 e. The highest BCUT2D eigenvalue weighted by molar-refractivity contribution is 7.47. The number of rotatable bonds is 38. The molecule has 0 saturated heterocycles. The Balaban J connectivity index is 4.43. The molecule has 0 saturated carbocycles. The van der Waals surface area contributed by atoms with Crippen molar-refractivity contribution in [3.05, 3.63) is 12.2 Å². The highest BCUT2D eigenvalue weighted by Gasteiger charge is 2.28. The molecule has 9 heteroatoms. The van der Waals surface area contributed by atoms with E-state index in [2.05, 4.69) is 31.3 Å². The number of nitrogens with one attached hydrogen (secondary N) is 1. The molecule has 0 aromatic rings. The molecule has 0 rings (SSSR count). The number of carbonyl (C=O) groups is 1. The van der Waals surface area contributed by atoms with Gasteiger partial charge >= 0.3 is 7.82 Å². The van der Waals surface area contributed by atoms with Gasteiger partial charge in [0.25, 0.3) is 0 Å². The quantitative estimate of drug-likeness (QED) is 0.0253. The molecular formula is C41H84N2O6P+. The summed E-state index contributed by atoms with van der Waals surface area (Å²) in [6.07, 6.45) is 36.6. The highest BCUT2D eigenvalue weighted by atomic mass is 31.2. The first kappa shape index (κ1) is 49.2. The topological polar surface area (TPSA) is 105 Å². The van der Waals surface area contributed by atoms with Crippen LogP contribution in [0.1, 0.15) is 194 Å². The molecule has 0 fully saturated rings. The maximum absolute atomic E-state index is 12.8. The number of likely N-dealkylation sites (N-methyl/N-ethyl adjacent to an activating group) is 1. The van der Waals surface area contributed by atoms with Crippen molar-refractivity contribution in [3.63, 3.8) is 0 Å². The van der Waals surface area contributed by atoms with E-state index in [0.717, 1.165) is 44.9 Å². The lowest BCUT2D eigenvalue weighted by atomic mass is 10.0. The van der Waals surface area contributed by atoms with Gasteiger partial charge in [0.05, 0.1) is 39.9 Å². The average molecular weight is 732 g/mol. The summed E-state index contributed by atoms with van der Waals surface area (Å²) in [6.45, 7) is 4.86. The normalized spacial score (nSPS) is 14.6. The van der Waals surface area contributed by atoms with Crippen LogP contribution in [0.4, 0.5) is 0 Å². The number of carbonyl (C=O) groups excluding carboxylic acids is 1. The summed E-state index contributed by atoms with van der Waals surface area (Å²) in [4.78, 5) is 23.0. The number of nitrogens with zero attached hydrogens (tertiary/aromatic N) is 1. The van der Waals surface area contributed by atoms with Crippen LogP contribution in [0.2, 0.25) is 0 Å². The molecule has 1 unspecified atom stereocenters. The molecule has 298 valence electrons. The molecule has 0 spiro atoms. The number of aliphatic hydroxyl groups is 1. The number of amides is 1. The molecule has 0 radical (unpaired) electrons. The van der Waals surface area contributed by atoms with Crippen molar-refractivity contribution in [2.45, 2.75) is 206 Å². The van der Waals surface area contributed by atoms with Crippen LogP contribution in [0, 0.1) is 0 Å². The number of hydrogen-bond acceptors (Lipinski definition) is 5. The Morgan fingerprint density at radius 1 is 0.660 bits per heavy atom. The number of allylic oxidation sites excluding steroid dienone is 2. The molecule has 8 nitrogen and oxygen atoms in total. The maximum atomic E-state index is 12.8. The van der Waals surface area contributed by atoms with Crippen molar-refractivity contribution >= 4 is 13.7 Å². The van der Waals surface area contributed by atoms with Crippen LogP contribution in [-0.4, -0.2) is 73.4 Å². The van der Waals surface area contributed by atoms with E-state index >= 15 is 0 Å². The average Bonchev–Trinajstić information content (AvgIpc) is 3.06. The lowest BCUT2D eigenvalue weighted by Gasteiger charge is -2.26. The van der Waals surface area contributed by atoms with Crippen molar-refractivity contribution in [3.8, 4) is 0 Å². The van der Waals surface area contributed by atoms with Gasteiger partial charge in [-0.15, -0.1) is 0 Å². The maximum Gasteiger partial charge on any atom is 0.472 e. The van der Waals surface area contributed by atoms with Crippen molar-refractivity contribution < 1.29 is 32.9 Å². The van der Waals surface area contributed by atoms with Crippen molar-refractivity contribution in [2.24, 2.45) is 0 Å². The minimum atomic E-state index is -4.31. The van der Waals surface area contributed by atoms with Crippen LogP contribution in [0.25, 0.3) is 0 Å². The van der Waals surface area contributed by atoms with Crippen molar-refractivity contribution in [1.29, 1.82) is 0 Å². The first-order valence-electron chi connectivity index (χ1n) is 21.1. The molecule has 0 aromatic carbocycles. The van der Waals surface area contributed by atoms with E-state index in [-0.39, 0.29) is 19.1 Å². The van der Waals surface area contributed by atoms with Gasteiger partial charge in [-0.05, 0) is 38.5 Å². The van der Waals surface area contributed by atoms with Gasteiger partial charge < -0.3 is 19.8 Å². The molecule has 3 atom stereocenters. The Morgan fingerprint density at radius 3 is 1.54 bits per heavy atom. The second kappa shape index (κ2) is 34.0. The predicted octanol–water partition coefficient (Wildman–Crippen LogP) is 11.2. The minimum absolute atomic E-state index is 0.0720. The lowest BCUT2D eigenvalue weighted by Crippen LogP contribution is -2.46. The summed E-state index contributed by atoms with van der Waals surface area (Å²) in [5.74, 6) is -0.154. The van der Waals surface area contributed by atoms with E-state index in [1.54, 1.807) is 0 Å². The largest absolute Gasteiger partial charge is 0.472 e. The lowest BCUT2D eigenvalue weighted by molar-refractivity contribution is -0.870. The number of hydrogen-bond donors (Lipinski definition) is 3. The zero-order valence-corrected chi connectivity index (χ0v) is 34.5. The third-order valence-electron chi connectivity index (χ3n) is 9.51. The van der Waals surface area contributed by atoms with E-state index in [9.17, 15) is 19.4 Å². The first-order valence-corrected chi connectivity index (χ1v) is 22.5. The summed E-state index contributed by atoms with van der Waals surface area (Å²) in [5.41, 5.74) is 0. The monoisotopic (exact) mass is 732 g/mol. The molecule has 0 aliphatic heterocycles. The molecule has 0 bridgehead atoms. The van der Waals surface area contributed by atoms with Crippen LogP contribution < -0.4 is 5.32 Å². The number of phosphoric acid groups is 1. The molecule has 3 N–H and O–H groups in total. The summed E-state index contributed by atoms with van der Waals surface area (Å²) < 4.78 is 23.5. The molecular weight excluding hydrogens is 647 g/mol. The number of quaternary nitrogens is 1. The van der Waals surface area contributed by atoms with Gasteiger partial charge in [-0.25, -0.2) is 4.57 Å². The van der Waals surface area contributed by atoms with E-state index in [1.807, 2.05) is 21.1 Å². The van der Waals surface area contributed by atoms with Crippen molar-refractivity contribution in [1.82, 2.24) is 5.32 Å². The summed E-state index contributed by atoms with van der Waals surface area (Å²) in [5, 5.41) is 13.9. The Morgan fingerprint density at radius 2 is 1.08 bits per heavy atom.